The van der Waals surface area contributed by atoms with Crippen molar-refractivity contribution in [1.82, 2.24) is 10.3 Å². The van der Waals surface area contributed by atoms with E-state index < -0.39 is 17.7 Å². The summed E-state index contributed by atoms with van der Waals surface area (Å²) in [6.07, 6.45) is -0.0624. The number of hydrogen-bond donors (Lipinski definition) is 2. The van der Waals surface area contributed by atoms with Crippen LogP contribution in [0.4, 0.5) is 0 Å². The predicted octanol–water partition coefficient (Wildman–Crippen LogP) is -0.466. The molecule has 0 bridgehead atoms. The zero-order valence-corrected chi connectivity index (χ0v) is 9.84. The summed E-state index contributed by atoms with van der Waals surface area (Å²) in [5.41, 5.74) is 2.67. The number of benzene rings is 1. The SMILES string of the molecule is N#Cc1ccc2c(c1)C(=O)N(CCC(=O)NN)C2=O. The van der Waals surface area contributed by atoms with Crippen LogP contribution < -0.4 is 11.3 Å². The van der Waals surface area contributed by atoms with Crippen LogP contribution in [0, 0.1) is 11.3 Å². The van der Waals surface area contributed by atoms with Gasteiger partial charge in [-0.05, 0) is 18.2 Å². The zero-order valence-electron chi connectivity index (χ0n) is 9.84. The Bertz CT molecular complexity index is 618. The molecule has 1 aromatic rings. The fraction of sp³-hybridized carbons (Fsp3) is 0.167. The molecule has 0 saturated carbocycles. The molecule has 2 rings (SSSR count). The van der Waals surface area contributed by atoms with Crippen molar-refractivity contribution in [2.45, 2.75) is 6.42 Å². The maximum Gasteiger partial charge on any atom is 0.261 e. The lowest BCUT2D eigenvalue weighted by atomic mass is 10.1. The Labute approximate surface area is 108 Å². The summed E-state index contributed by atoms with van der Waals surface area (Å²) in [5.74, 6) is 3.50. The molecule has 0 spiro atoms. The molecule has 7 nitrogen and oxygen atoms in total. The lowest BCUT2D eigenvalue weighted by molar-refractivity contribution is -0.121. The topological polar surface area (TPSA) is 116 Å². The average molecular weight is 258 g/mol. The van der Waals surface area contributed by atoms with Crippen LogP contribution in [0.5, 0.6) is 0 Å². The molecule has 3 amide bonds. The summed E-state index contributed by atoms with van der Waals surface area (Å²) < 4.78 is 0. The Morgan fingerprint density at radius 2 is 2.00 bits per heavy atom. The highest BCUT2D eigenvalue weighted by Gasteiger charge is 2.35. The molecule has 1 aromatic carbocycles. The predicted molar refractivity (Wildman–Crippen MR) is 63.5 cm³/mol. The Morgan fingerprint density at radius 3 is 2.63 bits per heavy atom. The number of hydrogen-bond acceptors (Lipinski definition) is 5. The van der Waals surface area contributed by atoms with Crippen LogP contribution in [-0.4, -0.2) is 29.2 Å². The molecule has 0 atom stereocenters. The van der Waals surface area contributed by atoms with Crippen molar-refractivity contribution in [3.05, 3.63) is 34.9 Å². The molecular weight excluding hydrogens is 248 g/mol. The molecular formula is C12H10N4O3. The smallest absolute Gasteiger partial charge is 0.261 e. The van der Waals surface area contributed by atoms with E-state index in [2.05, 4.69) is 0 Å². The van der Waals surface area contributed by atoms with Gasteiger partial charge in [0.25, 0.3) is 11.8 Å². The van der Waals surface area contributed by atoms with Gasteiger partial charge >= 0.3 is 0 Å². The summed E-state index contributed by atoms with van der Waals surface area (Å²) in [6.45, 7) is -0.0444. The van der Waals surface area contributed by atoms with Crippen molar-refractivity contribution in [3.63, 3.8) is 0 Å². The van der Waals surface area contributed by atoms with Gasteiger partial charge in [-0.1, -0.05) is 0 Å². The molecule has 1 aliphatic rings. The first-order valence-electron chi connectivity index (χ1n) is 5.48. The number of fused-ring (bicyclic) bond motifs is 1. The molecule has 3 N–H and O–H groups in total. The molecule has 19 heavy (non-hydrogen) atoms. The van der Waals surface area contributed by atoms with Gasteiger partial charge in [0, 0.05) is 13.0 Å². The summed E-state index contributed by atoms with van der Waals surface area (Å²) in [6, 6.07) is 6.19. The molecule has 0 unspecified atom stereocenters. The zero-order chi connectivity index (χ0) is 14.0. The highest BCUT2D eigenvalue weighted by Crippen LogP contribution is 2.23. The second-order valence-electron chi connectivity index (χ2n) is 3.95. The van der Waals surface area contributed by atoms with Crippen molar-refractivity contribution < 1.29 is 14.4 Å². The summed E-state index contributed by atoms with van der Waals surface area (Å²) in [7, 11) is 0. The molecule has 0 fully saturated rings. The maximum atomic E-state index is 12.0. The van der Waals surface area contributed by atoms with Gasteiger partial charge in [0.1, 0.15) is 0 Å². The third kappa shape index (κ3) is 2.17. The number of rotatable bonds is 3. The second kappa shape index (κ2) is 4.88. The molecule has 0 saturated heterocycles. The van der Waals surface area contributed by atoms with Crippen molar-refractivity contribution in [1.29, 1.82) is 5.26 Å². The summed E-state index contributed by atoms with van der Waals surface area (Å²) in [5, 5.41) is 8.77. The quantitative estimate of drug-likeness (QED) is 0.329. The van der Waals surface area contributed by atoms with Crippen LogP contribution in [-0.2, 0) is 4.79 Å². The Hall–Kier alpha value is -2.72. The Kier molecular flexibility index (Phi) is 3.27. The minimum Gasteiger partial charge on any atom is -0.294 e. The molecule has 0 aromatic heterocycles. The number of imide groups is 1. The number of carbonyl (C=O) groups excluding carboxylic acids is 3. The standard InChI is InChI=1S/C12H10N4O3/c13-6-7-1-2-8-9(5-7)12(19)16(11(8)18)4-3-10(17)15-14/h1-2,5H,3-4,14H2,(H,15,17). The lowest BCUT2D eigenvalue weighted by Crippen LogP contribution is -2.36. The van der Waals surface area contributed by atoms with Gasteiger partial charge in [0.15, 0.2) is 0 Å². The fourth-order valence-electron chi connectivity index (χ4n) is 1.85. The number of nitrogens with zero attached hydrogens (tertiary/aromatic N) is 2. The van der Waals surface area contributed by atoms with E-state index in [9.17, 15) is 14.4 Å². The van der Waals surface area contributed by atoms with Crippen LogP contribution in [0.3, 0.4) is 0 Å². The maximum absolute atomic E-state index is 12.0. The van der Waals surface area contributed by atoms with Crippen LogP contribution in [0.2, 0.25) is 0 Å². The second-order valence-corrected chi connectivity index (χ2v) is 3.95. The molecule has 0 radical (unpaired) electrons. The van der Waals surface area contributed by atoms with E-state index in [0.29, 0.717) is 5.56 Å². The number of carbonyl (C=O) groups is 3. The van der Waals surface area contributed by atoms with E-state index >= 15 is 0 Å². The number of nitrogens with two attached hydrogens (primary N) is 1. The van der Waals surface area contributed by atoms with Crippen LogP contribution >= 0.6 is 0 Å². The molecule has 96 valence electrons. The van der Waals surface area contributed by atoms with Gasteiger partial charge in [0.2, 0.25) is 5.91 Å². The van der Waals surface area contributed by atoms with Crippen LogP contribution in [0.15, 0.2) is 18.2 Å². The van der Waals surface area contributed by atoms with Crippen LogP contribution in [0.1, 0.15) is 32.7 Å². The Balaban J connectivity index is 2.24. The molecule has 0 aliphatic carbocycles. The van der Waals surface area contributed by atoms with Gasteiger partial charge in [-0.3, -0.25) is 24.7 Å². The van der Waals surface area contributed by atoms with E-state index in [1.807, 2.05) is 11.5 Å². The van der Waals surface area contributed by atoms with E-state index in [4.69, 9.17) is 11.1 Å². The molecule has 1 heterocycles. The fourth-order valence-corrected chi connectivity index (χ4v) is 1.85. The molecule has 7 heteroatoms. The van der Waals surface area contributed by atoms with Crippen molar-refractivity contribution >= 4 is 17.7 Å². The monoisotopic (exact) mass is 258 g/mol. The van der Waals surface area contributed by atoms with Gasteiger partial charge < -0.3 is 0 Å². The first kappa shape index (κ1) is 12.7. The minimum absolute atomic E-state index is 0.0444. The first-order valence-corrected chi connectivity index (χ1v) is 5.48. The number of amides is 3. The van der Waals surface area contributed by atoms with Gasteiger partial charge in [-0.25, -0.2) is 5.84 Å². The number of hydrazine groups is 1. The number of nitrogens with one attached hydrogen (secondary N) is 1. The van der Waals surface area contributed by atoms with Crippen molar-refractivity contribution in [2.75, 3.05) is 6.54 Å². The Morgan fingerprint density at radius 1 is 1.32 bits per heavy atom. The van der Waals surface area contributed by atoms with Crippen molar-refractivity contribution in [2.24, 2.45) is 5.84 Å². The van der Waals surface area contributed by atoms with Crippen LogP contribution in [0.25, 0.3) is 0 Å². The average Bonchev–Trinajstić information content (AvgIpc) is 2.68. The highest BCUT2D eigenvalue weighted by atomic mass is 16.2. The van der Waals surface area contributed by atoms with Crippen molar-refractivity contribution in [3.8, 4) is 6.07 Å². The van der Waals surface area contributed by atoms with Gasteiger partial charge in [0.05, 0.1) is 22.8 Å². The molecule has 1 aliphatic heterocycles. The lowest BCUT2D eigenvalue weighted by Gasteiger charge is -2.12. The summed E-state index contributed by atoms with van der Waals surface area (Å²) >= 11 is 0. The number of nitriles is 1. The van der Waals surface area contributed by atoms with E-state index in [-0.39, 0.29) is 24.1 Å². The normalized spacial score (nSPS) is 13.2. The third-order valence-corrected chi connectivity index (χ3v) is 2.82. The van der Waals surface area contributed by atoms with E-state index in [1.165, 1.54) is 18.2 Å². The van der Waals surface area contributed by atoms with Gasteiger partial charge in [-0.15, -0.1) is 0 Å². The van der Waals surface area contributed by atoms with E-state index in [0.717, 1.165) is 4.90 Å². The summed E-state index contributed by atoms with van der Waals surface area (Å²) in [4.78, 5) is 36.0. The third-order valence-electron chi connectivity index (χ3n) is 2.82. The highest BCUT2D eigenvalue weighted by molar-refractivity contribution is 6.21. The first-order chi connectivity index (χ1) is 9.08. The van der Waals surface area contributed by atoms with E-state index in [1.54, 1.807) is 0 Å². The largest absolute Gasteiger partial charge is 0.294 e. The van der Waals surface area contributed by atoms with Gasteiger partial charge in [-0.2, -0.15) is 5.26 Å². The minimum atomic E-state index is -0.498.